The minimum Gasteiger partial charge on any atom is -0.266 e. The van der Waals surface area contributed by atoms with E-state index in [-0.39, 0.29) is 5.91 Å². The van der Waals surface area contributed by atoms with E-state index in [0.29, 0.717) is 14.4 Å². The first-order valence-electron chi connectivity index (χ1n) is 7.26. The van der Waals surface area contributed by atoms with Crippen molar-refractivity contribution in [2.24, 2.45) is 0 Å². The van der Waals surface area contributed by atoms with Gasteiger partial charge in [0.2, 0.25) is 5.13 Å². The van der Waals surface area contributed by atoms with Gasteiger partial charge in [-0.05, 0) is 48.1 Å². The second-order valence-electron chi connectivity index (χ2n) is 5.17. The number of thiocarbonyl (C=S) groups is 1. The summed E-state index contributed by atoms with van der Waals surface area (Å²) in [6, 6.07) is 15.6. The average molecular weight is 448 g/mol. The summed E-state index contributed by atoms with van der Waals surface area (Å²) in [6.45, 7) is 0. The number of carbonyl (C=O) groups excluding carboxylic acids is 1. The first-order valence-corrected chi connectivity index (χ1v) is 10.1. The predicted molar refractivity (Wildman–Crippen MR) is 112 cm³/mol. The average Bonchev–Trinajstić information content (AvgIpc) is 3.13. The van der Waals surface area contributed by atoms with E-state index in [1.807, 2.05) is 54.6 Å². The van der Waals surface area contributed by atoms with E-state index >= 15 is 0 Å². The molecule has 4 rings (SSSR count). The Morgan fingerprint density at radius 1 is 1.16 bits per heavy atom. The highest BCUT2D eigenvalue weighted by molar-refractivity contribution is 9.10. The van der Waals surface area contributed by atoms with Crippen molar-refractivity contribution in [2.75, 3.05) is 5.43 Å². The van der Waals surface area contributed by atoms with Gasteiger partial charge in [-0.2, -0.15) is 5.01 Å². The van der Waals surface area contributed by atoms with Crippen LogP contribution in [0, 0.1) is 0 Å². The lowest BCUT2D eigenvalue weighted by atomic mass is 10.2. The lowest BCUT2D eigenvalue weighted by Crippen LogP contribution is -2.33. The quantitative estimate of drug-likeness (QED) is 0.436. The Hall–Kier alpha value is -1.74. The van der Waals surface area contributed by atoms with Crippen molar-refractivity contribution in [1.29, 1.82) is 0 Å². The molecule has 3 aromatic rings. The van der Waals surface area contributed by atoms with E-state index in [4.69, 9.17) is 12.2 Å². The summed E-state index contributed by atoms with van der Waals surface area (Å²) >= 11 is 11.5. The van der Waals surface area contributed by atoms with Crippen LogP contribution in [0.3, 0.4) is 0 Å². The summed E-state index contributed by atoms with van der Waals surface area (Å²) in [5, 5.41) is 2.02. The maximum absolute atomic E-state index is 12.7. The minimum absolute atomic E-state index is 0.169. The highest BCUT2D eigenvalue weighted by Crippen LogP contribution is 2.34. The van der Waals surface area contributed by atoms with Crippen molar-refractivity contribution in [3.8, 4) is 0 Å². The number of hydrogen-bond acceptors (Lipinski definition) is 6. The summed E-state index contributed by atoms with van der Waals surface area (Å²) in [5.74, 6) is -0.169. The van der Waals surface area contributed by atoms with Crippen LogP contribution in [0.25, 0.3) is 16.3 Å². The van der Waals surface area contributed by atoms with Crippen molar-refractivity contribution in [3.63, 3.8) is 0 Å². The molecule has 0 radical (unpaired) electrons. The van der Waals surface area contributed by atoms with Crippen LogP contribution in [0.5, 0.6) is 0 Å². The van der Waals surface area contributed by atoms with Gasteiger partial charge in [0.1, 0.15) is 0 Å². The number of amides is 1. The van der Waals surface area contributed by atoms with Crippen LogP contribution in [-0.2, 0) is 4.79 Å². The Kier molecular flexibility index (Phi) is 4.60. The lowest BCUT2D eigenvalue weighted by molar-refractivity contribution is -0.121. The van der Waals surface area contributed by atoms with Crippen molar-refractivity contribution >= 4 is 82.9 Å². The fourth-order valence-electron chi connectivity index (χ4n) is 2.29. The molecule has 2 aromatic carbocycles. The van der Waals surface area contributed by atoms with E-state index in [1.165, 1.54) is 28.1 Å². The lowest BCUT2D eigenvalue weighted by Gasteiger charge is -2.14. The molecule has 1 fully saturated rings. The normalized spacial score (nSPS) is 16.2. The standard InChI is InChI=1S/C17H10BrN3OS3/c18-11-7-5-10(6-8-11)9-14-15(22)21(17(23)25-14)20-16-19-12-3-1-2-4-13(12)24-16/h1-9H,(H,19,20)/b14-9+. The molecule has 124 valence electrons. The van der Waals surface area contributed by atoms with Crippen LogP contribution in [0.1, 0.15) is 5.56 Å². The highest BCUT2D eigenvalue weighted by atomic mass is 79.9. The van der Waals surface area contributed by atoms with Gasteiger partial charge in [0.25, 0.3) is 5.91 Å². The first kappa shape index (κ1) is 16.7. The third kappa shape index (κ3) is 3.48. The van der Waals surface area contributed by atoms with Crippen LogP contribution < -0.4 is 5.43 Å². The Morgan fingerprint density at radius 2 is 1.92 bits per heavy atom. The Balaban J connectivity index is 1.57. The number of anilines is 1. The van der Waals surface area contributed by atoms with E-state index < -0.39 is 0 Å². The number of rotatable bonds is 3. The summed E-state index contributed by atoms with van der Waals surface area (Å²) in [5.41, 5.74) is 4.88. The molecular formula is C17H10BrN3OS3. The largest absolute Gasteiger partial charge is 0.285 e. The number of nitrogens with one attached hydrogen (secondary N) is 1. The number of hydrogen-bond donors (Lipinski definition) is 1. The third-order valence-corrected chi connectivity index (χ3v) is 6.23. The molecule has 1 amide bonds. The van der Waals surface area contributed by atoms with Crippen molar-refractivity contribution in [3.05, 3.63) is 63.5 Å². The molecule has 0 spiro atoms. The van der Waals surface area contributed by atoms with Crippen LogP contribution in [0.2, 0.25) is 0 Å². The molecule has 1 aliphatic rings. The third-order valence-electron chi connectivity index (χ3n) is 3.46. The topological polar surface area (TPSA) is 45.2 Å². The smallest absolute Gasteiger partial charge is 0.266 e. The van der Waals surface area contributed by atoms with Crippen LogP contribution in [0.15, 0.2) is 57.9 Å². The van der Waals surface area contributed by atoms with Crippen LogP contribution >= 0.6 is 51.2 Å². The summed E-state index contributed by atoms with van der Waals surface area (Å²) < 4.78 is 2.52. The SMILES string of the molecule is O=C1/C(=C\c2ccc(Br)cc2)SC(=S)N1Nc1nc2ccccc2s1. The molecule has 2 heterocycles. The van der Waals surface area contributed by atoms with Crippen molar-refractivity contribution in [2.45, 2.75) is 0 Å². The molecule has 4 nitrogen and oxygen atoms in total. The van der Waals surface area contributed by atoms with Gasteiger partial charge in [-0.1, -0.05) is 63.3 Å². The fourth-order valence-corrected chi connectivity index (χ4v) is 4.59. The zero-order valence-corrected chi connectivity index (χ0v) is 16.6. The number of benzene rings is 2. The summed E-state index contributed by atoms with van der Waals surface area (Å²) in [6.07, 6.45) is 1.84. The molecule has 0 aliphatic carbocycles. The fraction of sp³-hybridized carbons (Fsp3) is 0. The predicted octanol–water partition coefficient (Wildman–Crippen LogP) is 5.29. The second kappa shape index (κ2) is 6.87. The number of hydrazine groups is 1. The molecule has 0 atom stereocenters. The molecule has 0 unspecified atom stereocenters. The second-order valence-corrected chi connectivity index (χ2v) is 8.79. The van der Waals surface area contributed by atoms with E-state index in [1.54, 1.807) is 0 Å². The molecule has 1 N–H and O–H groups in total. The number of thioether (sulfide) groups is 1. The van der Waals surface area contributed by atoms with Gasteiger partial charge < -0.3 is 0 Å². The monoisotopic (exact) mass is 447 g/mol. The van der Waals surface area contributed by atoms with Gasteiger partial charge in [0.15, 0.2) is 4.32 Å². The number of aromatic nitrogens is 1. The Morgan fingerprint density at radius 3 is 2.68 bits per heavy atom. The number of carbonyl (C=O) groups is 1. The van der Waals surface area contributed by atoms with Crippen LogP contribution in [0.4, 0.5) is 5.13 Å². The van der Waals surface area contributed by atoms with Crippen molar-refractivity contribution in [1.82, 2.24) is 9.99 Å². The van der Waals surface area contributed by atoms with Gasteiger partial charge in [-0.15, -0.1) is 0 Å². The number of para-hydroxylation sites is 1. The van der Waals surface area contributed by atoms with Gasteiger partial charge in [-0.25, -0.2) is 4.98 Å². The highest BCUT2D eigenvalue weighted by Gasteiger charge is 2.33. The number of halogens is 1. The maximum atomic E-state index is 12.7. The molecule has 1 saturated heterocycles. The Labute approximate surface area is 166 Å². The zero-order chi connectivity index (χ0) is 17.4. The molecule has 1 aliphatic heterocycles. The Bertz CT molecular complexity index is 980. The molecule has 8 heteroatoms. The van der Waals surface area contributed by atoms with E-state index in [0.717, 1.165) is 20.3 Å². The summed E-state index contributed by atoms with van der Waals surface area (Å²) in [4.78, 5) is 17.7. The molecule has 1 aromatic heterocycles. The first-order chi connectivity index (χ1) is 12.1. The van der Waals surface area contributed by atoms with Gasteiger partial charge in [-0.3, -0.25) is 10.2 Å². The molecular weight excluding hydrogens is 438 g/mol. The van der Waals surface area contributed by atoms with Crippen LogP contribution in [-0.4, -0.2) is 20.2 Å². The van der Waals surface area contributed by atoms with Gasteiger partial charge in [0.05, 0.1) is 15.1 Å². The molecule has 0 saturated carbocycles. The van der Waals surface area contributed by atoms with E-state index in [2.05, 4.69) is 26.3 Å². The van der Waals surface area contributed by atoms with Gasteiger partial charge in [0, 0.05) is 4.47 Å². The van der Waals surface area contributed by atoms with Crippen molar-refractivity contribution < 1.29 is 4.79 Å². The number of nitrogens with zero attached hydrogens (tertiary/aromatic N) is 2. The van der Waals surface area contributed by atoms with E-state index in [9.17, 15) is 4.79 Å². The number of fused-ring (bicyclic) bond motifs is 1. The molecule has 0 bridgehead atoms. The van der Waals surface area contributed by atoms with Gasteiger partial charge >= 0.3 is 0 Å². The maximum Gasteiger partial charge on any atom is 0.285 e. The molecule has 25 heavy (non-hydrogen) atoms. The summed E-state index contributed by atoms with van der Waals surface area (Å²) in [7, 11) is 0. The minimum atomic E-state index is -0.169. The number of thiazole rings is 1. The zero-order valence-electron chi connectivity index (χ0n) is 12.6.